The van der Waals surface area contributed by atoms with Gasteiger partial charge in [0.25, 0.3) is 0 Å². The third-order valence-electron chi connectivity index (χ3n) is 2.96. The van der Waals surface area contributed by atoms with E-state index >= 15 is 0 Å². The van der Waals surface area contributed by atoms with Crippen molar-refractivity contribution in [2.24, 2.45) is 0 Å². The van der Waals surface area contributed by atoms with Gasteiger partial charge in [0.2, 0.25) is 0 Å². The maximum Gasteiger partial charge on any atom is 0.304 e. The van der Waals surface area contributed by atoms with Crippen LogP contribution in [0.1, 0.15) is 20.3 Å². The van der Waals surface area contributed by atoms with Crippen molar-refractivity contribution in [3.05, 3.63) is 30.1 Å². The second-order valence-corrected chi connectivity index (χ2v) is 4.38. The summed E-state index contributed by atoms with van der Waals surface area (Å²) < 4.78 is 18.2. The van der Waals surface area contributed by atoms with Gasteiger partial charge in [-0.25, -0.2) is 4.39 Å². The maximum atomic E-state index is 12.7. The molecule has 0 saturated heterocycles. The molecule has 0 aliphatic heterocycles. The first-order valence-electron chi connectivity index (χ1n) is 6.37. The van der Waals surface area contributed by atoms with Gasteiger partial charge in [-0.15, -0.1) is 0 Å². The van der Waals surface area contributed by atoms with Gasteiger partial charge < -0.3 is 9.84 Å². The van der Waals surface area contributed by atoms with Gasteiger partial charge in [-0.1, -0.05) is 6.92 Å². The Morgan fingerprint density at radius 3 is 2.58 bits per heavy atom. The summed E-state index contributed by atoms with van der Waals surface area (Å²) in [5.41, 5.74) is 0. The summed E-state index contributed by atoms with van der Waals surface area (Å²) in [4.78, 5) is 12.7. The van der Waals surface area contributed by atoms with Crippen LogP contribution in [0.4, 0.5) is 4.39 Å². The van der Waals surface area contributed by atoms with Crippen molar-refractivity contribution in [2.45, 2.75) is 26.3 Å². The third kappa shape index (κ3) is 5.70. The lowest BCUT2D eigenvalue weighted by molar-refractivity contribution is -0.138. The number of hydrogen-bond acceptors (Lipinski definition) is 3. The van der Waals surface area contributed by atoms with Crippen LogP contribution in [-0.2, 0) is 4.79 Å². The third-order valence-corrected chi connectivity index (χ3v) is 2.96. The number of ether oxygens (including phenoxy) is 1. The Morgan fingerprint density at radius 2 is 2.05 bits per heavy atom. The Labute approximate surface area is 112 Å². The average Bonchev–Trinajstić information content (AvgIpc) is 2.36. The minimum atomic E-state index is -0.801. The molecule has 1 atom stereocenters. The van der Waals surface area contributed by atoms with Gasteiger partial charge in [0, 0.05) is 12.6 Å². The molecule has 1 rings (SSSR count). The van der Waals surface area contributed by atoms with Crippen LogP contribution in [0.3, 0.4) is 0 Å². The summed E-state index contributed by atoms with van der Waals surface area (Å²) in [6.07, 6.45) is 0.115. The van der Waals surface area contributed by atoms with Gasteiger partial charge in [0.05, 0.1) is 6.42 Å². The van der Waals surface area contributed by atoms with E-state index in [1.54, 1.807) is 12.1 Å². The van der Waals surface area contributed by atoms with Crippen LogP contribution >= 0.6 is 0 Å². The Hall–Kier alpha value is -1.62. The van der Waals surface area contributed by atoms with Crippen molar-refractivity contribution < 1.29 is 19.0 Å². The van der Waals surface area contributed by atoms with E-state index in [1.807, 2.05) is 18.7 Å². The average molecular weight is 269 g/mol. The predicted octanol–water partition coefficient (Wildman–Crippen LogP) is 2.39. The molecule has 106 valence electrons. The molecule has 1 N–H and O–H groups in total. The monoisotopic (exact) mass is 269 g/mol. The molecule has 1 aromatic carbocycles. The van der Waals surface area contributed by atoms with E-state index in [9.17, 15) is 9.18 Å². The minimum absolute atomic E-state index is 0.0284. The predicted molar refractivity (Wildman–Crippen MR) is 70.9 cm³/mol. The molecule has 1 aromatic rings. The van der Waals surface area contributed by atoms with Gasteiger partial charge in [-0.2, -0.15) is 0 Å². The summed E-state index contributed by atoms with van der Waals surface area (Å²) in [6, 6.07) is 5.82. The summed E-state index contributed by atoms with van der Waals surface area (Å²) in [5.74, 6) is -0.480. The fourth-order valence-corrected chi connectivity index (χ4v) is 1.88. The van der Waals surface area contributed by atoms with Gasteiger partial charge in [0.15, 0.2) is 0 Å². The molecule has 0 radical (unpaired) electrons. The molecular formula is C14H20FNO3. The number of carboxylic acid groups (broad SMARTS) is 1. The van der Waals surface area contributed by atoms with Gasteiger partial charge in [-0.3, -0.25) is 9.69 Å². The number of carboxylic acids is 1. The molecule has 0 amide bonds. The zero-order valence-corrected chi connectivity index (χ0v) is 11.3. The molecule has 0 heterocycles. The van der Waals surface area contributed by atoms with Crippen molar-refractivity contribution in [1.29, 1.82) is 0 Å². The van der Waals surface area contributed by atoms with Crippen molar-refractivity contribution in [1.82, 2.24) is 4.90 Å². The van der Waals surface area contributed by atoms with E-state index in [-0.39, 0.29) is 18.3 Å². The summed E-state index contributed by atoms with van der Waals surface area (Å²) in [7, 11) is 0. The first kappa shape index (κ1) is 15.4. The zero-order chi connectivity index (χ0) is 14.3. The second kappa shape index (κ2) is 7.74. The minimum Gasteiger partial charge on any atom is -0.492 e. The maximum absolute atomic E-state index is 12.7. The first-order chi connectivity index (χ1) is 9.02. The van der Waals surface area contributed by atoms with E-state index in [1.165, 1.54) is 12.1 Å². The Bertz CT molecular complexity index is 394. The quantitative estimate of drug-likeness (QED) is 0.787. The van der Waals surface area contributed by atoms with E-state index in [2.05, 4.69) is 0 Å². The summed E-state index contributed by atoms with van der Waals surface area (Å²) in [6.45, 7) is 5.72. The lowest BCUT2D eigenvalue weighted by atomic mass is 10.2. The SMILES string of the molecule is CCN(CCOc1ccc(F)cc1)C(C)CC(=O)O. The number of carbonyl (C=O) groups is 1. The topological polar surface area (TPSA) is 49.8 Å². The Morgan fingerprint density at radius 1 is 1.42 bits per heavy atom. The van der Waals surface area contributed by atoms with E-state index in [4.69, 9.17) is 9.84 Å². The molecule has 0 aliphatic carbocycles. The van der Waals surface area contributed by atoms with Crippen molar-refractivity contribution in [2.75, 3.05) is 19.7 Å². The fourth-order valence-electron chi connectivity index (χ4n) is 1.88. The molecule has 0 aliphatic rings. The zero-order valence-electron chi connectivity index (χ0n) is 11.3. The number of rotatable bonds is 8. The van der Waals surface area contributed by atoms with Crippen LogP contribution in [0.2, 0.25) is 0 Å². The molecule has 4 nitrogen and oxygen atoms in total. The largest absolute Gasteiger partial charge is 0.492 e. The number of nitrogens with zero attached hydrogens (tertiary/aromatic N) is 1. The van der Waals surface area contributed by atoms with Crippen molar-refractivity contribution in [3.63, 3.8) is 0 Å². The lowest BCUT2D eigenvalue weighted by Gasteiger charge is -2.26. The molecule has 1 unspecified atom stereocenters. The highest BCUT2D eigenvalue weighted by molar-refractivity contribution is 5.67. The van der Waals surface area contributed by atoms with E-state index in [0.29, 0.717) is 18.9 Å². The molecule has 0 aromatic heterocycles. The van der Waals surface area contributed by atoms with Crippen LogP contribution in [0.15, 0.2) is 24.3 Å². The molecule has 5 heteroatoms. The molecule has 0 fully saturated rings. The lowest BCUT2D eigenvalue weighted by Crippen LogP contribution is -2.37. The van der Waals surface area contributed by atoms with Crippen LogP contribution in [0.5, 0.6) is 5.75 Å². The Balaban J connectivity index is 2.37. The normalized spacial score (nSPS) is 12.4. The highest BCUT2D eigenvalue weighted by atomic mass is 19.1. The molecule has 0 spiro atoms. The fraction of sp³-hybridized carbons (Fsp3) is 0.500. The van der Waals surface area contributed by atoms with E-state index in [0.717, 1.165) is 6.54 Å². The van der Waals surface area contributed by atoms with Crippen LogP contribution in [-0.4, -0.2) is 41.7 Å². The smallest absolute Gasteiger partial charge is 0.304 e. The number of benzene rings is 1. The summed E-state index contributed by atoms with van der Waals surface area (Å²) >= 11 is 0. The molecule has 0 saturated carbocycles. The standard InChI is InChI=1S/C14H20FNO3/c1-3-16(11(2)10-14(17)18)8-9-19-13-6-4-12(15)5-7-13/h4-7,11H,3,8-10H2,1-2H3,(H,17,18). The number of hydrogen-bond donors (Lipinski definition) is 1. The summed E-state index contributed by atoms with van der Waals surface area (Å²) in [5, 5.41) is 8.76. The molecule has 0 bridgehead atoms. The van der Waals surface area contributed by atoms with Gasteiger partial charge in [0.1, 0.15) is 18.2 Å². The van der Waals surface area contributed by atoms with Crippen molar-refractivity contribution in [3.8, 4) is 5.75 Å². The van der Waals surface area contributed by atoms with Crippen LogP contribution in [0.25, 0.3) is 0 Å². The number of aliphatic carboxylic acids is 1. The highest BCUT2D eigenvalue weighted by Gasteiger charge is 2.15. The van der Waals surface area contributed by atoms with E-state index < -0.39 is 5.97 Å². The first-order valence-corrected chi connectivity index (χ1v) is 6.37. The number of likely N-dealkylation sites (N-methyl/N-ethyl adjacent to an activating group) is 1. The van der Waals surface area contributed by atoms with Crippen LogP contribution < -0.4 is 4.74 Å². The van der Waals surface area contributed by atoms with Gasteiger partial charge >= 0.3 is 5.97 Å². The van der Waals surface area contributed by atoms with Crippen molar-refractivity contribution >= 4 is 5.97 Å². The molecular weight excluding hydrogens is 249 g/mol. The second-order valence-electron chi connectivity index (χ2n) is 4.38. The van der Waals surface area contributed by atoms with Gasteiger partial charge in [-0.05, 0) is 37.7 Å². The number of halogens is 1. The highest BCUT2D eigenvalue weighted by Crippen LogP contribution is 2.11. The van der Waals surface area contributed by atoms with Crippen LogP contribution in [0, 0.1) is 5.82 Å². The Kier molecular flexibility index (Phi) is 6.29. The molecule has 19 heavy (non-hydrogen) atoms.